The Hall–Kier alpha value is -0.870. The Morgan fingerprint density at radius 1 is 1.41 bits per heavy atom. The van der Waals surface area contributed by atoms with E-state index in [1.54, 1.807) is 7.11 Å². The fourth-order valence-electron chi connectivity index (χ4n) is 2.10. The summed E-state index contributed by atoms with van der Waals surface area (Å²) in [5.74, 6) is 0. The van der Waals surface area contributed by atoms with E-state index in [-0.39, 0.29) is 0 Å². The third-order valence-electron chi connectivity index (χ3n) is 3.61. The highest BCUT2D eigenvalue weighted by atomic mass is 16.5. The number of rotatable bonds is 6. The first-order chi connectivity index (χ1) is 8.13. The van der Waals surface area contributed by atoms with Gasteiger partial charge < -0.3 is 10.1 Å². The molecule has 0 amide bonds. The van der Waals surface area contributed by atoms with Crippen molar-refractivity contribution >= 4 is 0 Å². The van der Waals surface area contributed by atoms with Gasteiger partial charge in [0.1, 0.15) is 0 Å². The number of nitrogens with zero attached hydrogens (tertiary/aromatic N) is 2. The molecule has 1 atom stereocenters. The van der Waals surface area contributed by atoms with Crippen LogP contribution in [-0.4, -0.2) is 36.1 Å². The van der Waals surface area contributed by atoms with Crippen LogP contribution in [0.15, 0.2) is 0 Å². The van der Waals surface area contributed by atoms with Gasteiger partial charge in [-0.1, -0.05) is 0 Å². The van der Waals surface area contributed by atoms with Crippen molar-refractivity contribution in [3.05, 3.63) is 17.0 Å². The highest BCUT2D eigenvalue weighted by Gasteiger charge is 2.23. The van der Waals surface area contributed by atoms with Crippen molar-refractivity contribution in [2.75, 3.05) is 20.3 Å². The van der Waals surface area contributed by atoms with Gasteiger partial charge >= 0.3 is 0 Å². The van der Waals surface area contributed by atoms with Crippen molar-refractivity contribution < 1.29 is 4.74 Å². The molecule has 0 spiro atoms. The smallest absolute Gasteiger partial charge is 0.0879 e. The van der Waals surface area contributed by atoms with Crippen LogP contribution in [0.1, 0.15) is 35.8 Å². The first kappa shape index (κ1) is 12.6. The van der Waals surface area contributed by atoms with E-state index >= 15 is 0 Å². The highest BCUT2D eigenvalue weighted by molar-refractivity contribution is 5.22. The first-order valence-electron chi connectivity index (χ1n) is 6.38. The second-order valence-electron chi connectivity index (χ2n) is 5.03. The number of methoxy groups -OCH3 is 1. The molecular formula is C13H23N3O. The Balaban J connectivity index is 2.09. The van der Waals surface area contributed by atoms with E-state index in [2.05, 4.69) is 35.9 Å². The second-order valence-corrected chi connectivity index (χ2v) is 5.03. The average molecular weight is 237 g/mol. The summed E-state index contributed by atoms with van der Waals surface area (Å²) in [4.78, 5) is 0. The third-order valence-corrected chi connectivity index (χ3v) is 3.61. The molecule has 4 heteroatoms. The Morgan fingerprint density at radius 2 is 2.12 bits per heavy atom. The number of aromatic nitrogens is 2. The summed E-state index contributed by atoms with van der Waals surface area (Å²) in [5, 5.41) is 8.18. The van der Waals surface area contributed by atoms with Crippen LogP contribution >= 0.6 is 0 Å². The molecule has 0 aliphatic heterocycles. The molecule has 17 heavy (non-hydrogen) atoms. The van der Waals surface area contributed by atoms with Gasteiger partial charge in [-0.2, -0.15) is 5.10 Å². The van der Waals surface area contributed by atoms with Crippen LogP contribution in [0.3, 0.4) is 0 Å². The molecule has 1 aromatic heterocycles. The second kappa shape index (κ2) is 5.19. The van der Waals surface area contributed by atoms with Gasteiger partial charge in [0, 0.05) is 25.4 Å². The molecule has 0 bridgehead atoms. The molecule has 96 valence electrons. The Morgan fingerprint density at radius 3 is 2.59 bits per heavy atom. The number of nitrogens with one attached hydrogen (secondary N) is 1. The molecule has 0 radical (unpaired) electrons. The molecule has 1 N–H and O–H groups in total. The predicted octanol–water partition coefficient (Wildman–Crippen LogP) is 1.75. The van der Waals surface area contributed by atoms with Gasteiger partial charge in [-0.15, -0.1) is 0 Å². The van der Waals surface area contributed by atoms with E-state index in [1.807, 2.05) is 0 Å². The topological polar surface area (TPSA) is 39.1 Å². The highest BCUT2D eigenvalue weighted by Crippen LogP contribution is 2.21. The standard InChI is InChI=1S/C13H23N3O/c1-9-10(2)15-16(11(9)3)13(8-17-4)7-14-12-5-6-12/h12-14H,5-8H2,1-4H3. The number of ether oxygens (including phenoxy) is 1. The first-order valence-corrected chi connectivity index (χ1v) is 6.38. The minimum atomic E-state index is 0.299. The molecule has 1 aromatic rings. The lowest BCUT2D eigenvalue weighted by Crippen LogP contribution is -2.31. The molecule has 1 aliphatic rings. The monoisotopic (exact) mass is 237 g/mol. The fraction of sp³-hybridized carbons (Fsp3) is 0.769. The zero-order chi connectivity index (χ0) is 12.4. The van der Waals surface area contributed by atoms with Crippen LogP contribution in [0.2, 0.25) is 0 Å². The molecule has 1 heterocycles. The van der Waals surface area contributed by atoms with Crippen molar-refractivity contribution in [3.8, 4) is 0 Å². The molecule has 1 saturated carbocycles. The summed E-state index contributed by atoms with van der Waals surface area (Å²) in [6.45, 7) is 7.99. The maximum absolute atomic E-state index is 5.31. The lowest BCUT2D eigenvalue weighted by Gasteiger charge is -2.19. The van der Waals surface area contributed by atoms with Crippen LogP contribution in [0.5, 0.6) is 0 Å². The maximum atomic E-state index is 5.31. The largest absolute Gasteiger partial charge is 0.382 e. The van der Waals surface area contributed by atoms with Crippen LogP contribution in [0.4, 0.5) is 0 Å². The SMILES string of the molecule is COCC(CNC1CC1)n1nc(C)c(C)c1C. The predicted molar refractivity (Wildman–Crippen MR) is 68.4 cm³/mol. The van der Waals surface area contributed by atoms with Gasteiger partial charge in [-0.3, -0.25) is 4.68 Å². The summed E-state index contributed by atoms with van der Waals surface area (Å²) >= 11 is 0. The van der Waals surface area contributed by atoms with Gasteiger partial charge in [-0.25, -0.2) is 0 Å². The van der Waals surface area contributed by atoms with Crippen molar-refractivity contribution in [2.24, 2.45) is 0 Å². The number of hydrogen-bond acceptors (Lipinski definition) is 3. The van der Waals surface area contributed by atoms with Crippen molar-refractivity contribution in [1.82, 2.24) is 15.1 Å². The van der Waals surface area contributed by atoms with Crippen LogP contribution in [0, 0.1) is 20.8 Å². The zero-order valence-electron chi connectivity index (χ0n) is 11.3. The van der Waals surface area contributed by atoms with Gasteiger partial charge in [-0.05, 0) is 39.2 Å². The number of hydrogen-bond donors (Lipinski definition) is 1. The van der Waals surface area contributed by atoms with E-state index in [0.717, 1.165) is 18.3 Å². The quantitative estimate of drug-likeness (QED) is 0.819. The van der Waals surface area contributed by atoms with E-state index in [9.17, 15) is 0 Å². The molecule has 0 aromatic carbocycles. The lowest BCUT2D eigenvalue weighted by molar-refractivity contribution is 0.146. The van der Waals surface area contributed by atoms with Crippen LogP contribution < -0.4 is 5.32 Å². The Labute approximate surface area is 103 Å². The van der Waals surface area contributed by atoms with Crippen LogP contribution in [0.25, 0.3) is 0 Å². The normalized spacial score (nSPS) is 17.4. The molecule has 1 aliphatic carbocycles. The van der Waals surface area contributed by atoms with Crippen molar-refractivity contribution in [1.29, 1.82) is 0 Å². The minimum Gasteiger partial charge on any atom is -0.382 e. The summed E-state index contributed by atoms with van der Waals surface area (Å²) in [5.41, 5.74) is 3.66. The molecule has 2 rings (SSSR count). The average Bonchev–Trinajstić information content (AvgIpc) is 3.09. The minimum absolute atomic E-state index is 0.299. The molecule has 1 fully saturated rings. The molecule has 0 saturated heterocycles. The fourth-order valence-corrected chi connectivity index (χ4v) is 2.10. The summed E-state index contributed by atoms with van der Waals surface area (Å²) in [6, 6.07) is 1.03. The molecule has 4 nitrogen and oxygen atoms in total. The lowest BCUT2D eigenvalue weighted by atomic mass is 10.2. The Kier molecular flexibility index (Phi) is 3.84. The summed E-state index contributed by atoms with van der Waals surface area (Å²) in [7, 11) is 1.75. The van der Waals surface area contributed by atoms with Gasteiger partial charge in [0.2, 0.25) is 0 Å². The van der Waals surface area contributed by atoms with Crippen LogP contribution in [-0.2, 0) is 4.74 Å². The van der Waals surface area contributed by atoms with Crippen molar-refractivity contribution in [3.63, 3.8) is 0 Å². The van der Waals surface area contributed by atoms with Crippen molar-refractivity contribution in [2.45, 2.75) is 45.7 Å². The molecular weight excluding hydrogens is 214 g/mol. The van der Waals surface area contributed by atoms with E-state index in [0.29, 0.717) is 12.6 Å². The van der Waals surface area contributed by atoms with E-state index < -0.39 is 0 Å². The van der Waals surface area contributed by atoms with E-state index in [4.69, 9.17) is 4.74 Å². The maximum Gasteiger partial charge on any atom is 0.0879 e. The summed E-state index contributed by atoms with van der Waals surface area (Å²) < 4.78 is 7.43. The summed E-state index contributed by atoms with van der Waals surface area (Å²) in [6.07, 6.45) is 2.63. The van der Waals surface area contributed by atoms with Gasteiger partial charge in [0.15, 0.2) is 0 Å². The Bertz CT molecular complexity index is 382. The molecule has 1 unspecified atom stereocenters. The van der Waals surface area contributed by atoms with Gasteiger partial charge in [0.25, 0.3) is 0 Å². The number of aryl methyl sites for hydroxylation is 1. The van der Waals surface area contributed by atoms with Gasteiger partial charge in [0.05, 0.1) is 18.3 Å². The zero-order valence-corrected chi connectivity index (χ0v) is 11.3. The van der Waals surface area contributed by atoms with E-state index in [1.165, 1.54) is 24.1 Å². The third kappa shape index (κ3) is 2.87.